The van der Waals surface area contributed by atoms with Crippen molar-refractivity contribution >= 4 is 22.9 Å². The predicted molar refractivity (Wildman–Crippen MR) is 48.7 cm³/mol. The summed E-state index contributed by atoms with van der Waals surface area (Å²) in [6.45, 7) is 3.82. The number of aromatic amines is 1. The number of halogens is 1. The number of aromatic nitrogens is 1. The number of nitrogens with one attached hydrogen (secondary N) is 1. The van der Waals surface area contributed by atoms with Gasteiger partial charge in [-0.15, -0.1) is 11.6 Å². The molecule has 0 saturated carbocycles. The number of hydrogen-bond acceptors (Lipinski definition) is 2. The van der Waals surface area contributed by atoms with Gasteiger partial charge >= 0.3 is 4.87 Å². The van der Waals surface area contributed by atoms with E-state index in [0.29, 0.717) is 0 Å². The fraction of sp³-hybridized carbons (Fsp3) is 0.571. The van der Waals surface area contributed by atoms with Gasteiger partial charge in [-0.25, -0.2) is 0 Å². The lowest BCUT2D eigenvalue weighted by Crippen LogP contribution is -1.95. The normalized spacial score (nSPS) is 13.4. The maximum Gasteiger partial charge on any atom is 0.304 e. The van der Waals surface area contributed by atoms with Crippen LogP contribution in [0.1, 0.15) is 17.5 Å². The number of H-pyrrole nitrogens is 1. The molecular weight excluding hydrogens is 182 g/mol. The van der Waals surface area contributed by atoms with Crippen LogP contribution in [0.25, 0.3) is 0 Å². The molecule has 0 aliphatic heterocycles. The SMILES string of the molecule is Cc1[nH]c(=O)sc1CC(C)Cl. The second-order valence-corrected chi connectivity index (χ2v) is 4.36. The maximum absolute atomic E-state index is 10.8. The Labute approximate surface area is 74.2 Å². The van der Waals surface area contributed by atoms with E-state index >= 15 is 0 Å². The van der Waals surface area contributed by atoms with Crippen molar-refractivity contribution in [3.63, 3.8) is 0 Å². The van der Waals surface area contributed by atoms with Crippen LogP contribution >= 0.6 is 22.9 Å². The molecule has 2 nitrogen and oxygen atoms in total. The van der Waals surface area contributed by atoms with Gasteiger partial charge in [0, 0.05) is 15.9 Å². The van der Waals surface area contributed by atoms with Crippen LogP contribution in [0.3, 0.4) is 0 Å². The summed E-state index contributed by atoms with van der Waals surface area (Å²) in [7, 11) is 0. The van der Waals surface area contributed by atoms with Crippen molar-refractivity contribution in [2.75, 3.05) is 0 Å². The molecule has 0 aromatic carbocycles. The van der Waals surface area contributed by atoms with E-state index in [1.807, 2.05) is 13.8 Å². The zero-order valence-corrected chi connectivity index (χ0v) is 8.05. The topological polar surface area (TPSA) is 32.9 Å². The van der Waals surface area contributed by atoms with Crippen LogP contribution in [0.4, 0.5) is 0 Å². The summed E-state index contributed by atoms with van der Waals surface area (Å²) in [6, 6.07) is 0. The van der Waals surface area contributed by atoms with Crippen molar-refractivity contribution in [1.29, 1.82) is 0 Å². The van der Waals surface area contributed by atoms with Gasteiger partial charge < -0.3 is 4.98 Å². The summed E-state index contributed by atoms with van der Waals surface area (Å²) in [6.07, 6.45) is 0.775. The van der Waals surface area contributed by atoms with Gasteiger partial charge in [-0.3, -0.25) is 4.79 Å². The highest BCUT2D eigenvalue weighted by atomic mass is 35.5. The quantitative estimate of drug-likeness (QED) is 0.712. The van der Waals surface area contributed by atoms with Gasteiger partial charge in [-0.05, 0) is 20.3 Å². The number of hydrogen-bond donors (Lipinski definition) is 1. The predicted octanol–water partition coefficient (Wildman–Crippen LogP) is 1.91. The Morgan fingerprint density at radius 2 is 2.36 bits per heavy atom. The fourth-order valence-electron chi connectivity index (χ4n) is 0.887. The van der Waals surface area contributed by atoms with Crippen LogP contribution in [0.15, 0.2) is 4.79 Å². The van der Waals surface area contributed by atoms with E-state index in [2.05, 4.69) is 4.98 Å². The van der Waals surface area contributed by atoms with E-state index in [9.17, 15) is 4.79 Å². The molecule has 0 bridgehead atoms. The molecule has 0 radical (unpaired) electrons. The largest absolute Gasteiger partial charge is 0.317 e. The summed E-state index contributed by atoms with van der Waals surface area (Å²) in [4.78, 5) is 14.6. The molecule has 11 heavy (non-hydrogen) atoms. The van der Waals surface area contributed by atoms with Gasteiger partial charge in [0.15, 0.2) is 0 Å². The minimum Gasteiger partial charge on any atom is -0.317 e. The number of thiazole rings is 1. The molecular formula is C7H10ClNOS. The Kier molecular flexibility index (Phi) is 2.73. The summed E-state index contributed by atoms with van der Waals surface area (Å²) < 4.78 is 0. The smallest absolute Gasteiger partial charge is 0.304 e. The van der Waals surface area contributed by atoms with E-state index in [1.165, 1.54) is 11.3 Å². The molecule has 1 heterocycles. The molecule has 4 heteroatoms. The fourth-order valence-corrected chi connectivity index (χ4v) is 2.10. The van der Waals surface area contributed by atoms with Gasteiger partial charge in [-0.1, -0.05) is 11.3 Å². The number of rotatable bonds is 2. The molecule has 0 aliphatic carbocycles. The number of alkyl halides is 1. The van der Waals surface area contributed by atoms with E-state index in [-0.39, 0.29) is 10.3 Å². The molecule has 1 atom stereocenters. The molecule has 0 fully saturated rings. The zero-order chi connectivity index (χ0) is 8.43. The first-order valence-electron chi connectivity index (χ1n) is 3.42. The van der Waals surface area contributed by atoms with Crippen LogP contribution in [-0.2, 0) is 6.42 Å². The molecule has 0 saturated heterocycles. The third-order valence-electron chi connectivity index (χ3n) is 1.39. The van der Waals surface area contributed by atoms with Gasteiger partial charge in [0.2, 0.25) is 0 Å². The lowest BCUT2D eigenvalue weighted by Gasteiger charge is -1.98. The average molecular weight is 192 g/mol. The summed E-state index contributed by atoms with van der Waals surface area (Å²) >= 11 is 7.03. The van der Waals surface area contributed by atoms with Crippen molar-refractivity contribution in [1.82, 2.24) is 4.98 Å². The third-order valence-corrected chi connectivity index (χ3v) is 2.55. The van der Waals surface area contributed by atoms with E-state index in [1.54, 1.807) is 0 Å². The minimum absolute atomic E-state index is 0.00909. The summed E-state index contributed by atoms with van der Waals surface area (Å²) in [5, 5.41) is 0.0974. The first kappa shape index (κ1) is 8.81. The average Bonchev–Trinajstić information content (AvgIpc) is 2.09. The molecule has 62 valence electrons. The highest BCUT2D eigenvalue weighted by Gasteiger charge is 2.06. The van der Waals surface area contributed by atoms with Crippen molar-refractivity contribution in [2.24, 2.45) is 0 Å². The van der Waals surface area contributed by atoms with E-state index in [4.69, 9.17) is 11.6 Å². The second kappa shape index (κ2) is 3.41. The highest BCUT2D eigenvalue weighted by molar-refractivity contribution is 7.09. The lowest BCUT2D eigenvalue weighted by atomic mass is 10.2. The standard InChI is InChI=1S/C7H10ClNOS/c1-4(8)3-6-5(2)9-7(10)11-6/h4H,3H2,1-2H3,(H,9,10). The van der Waals surface area contributed by atoms with Gasteiger partial charge in [0.1, 0.15) is 0 Å². The molecule has 0 aliphatic rings. The van der Waals surface area contributed by atoms with Crippen LogP contribution in [0, 0.1) is 6.92 Å². The first-order chi connectivity index (χ1) is 5.09. The summed E-state index contributed by atoms with van der Waals surface area (Å²) in [5.74, 6) is 0. The molecule has 1 N–H and O–H groups in total. The molecule has 1 unspecified atom stereocenters. The molecule has 1 aromatic heterocycles. The third kappa shape index (κ3) is 2.34. The zero-order valence-electron chi connectivity index (χ0n) is 6.48. The Hall–Kier alpha value is -0.280. The van der Waals surface area contributed by atoms with E-state index < -0.39 is 0 Å². The Balaban J connectivity index is 2.86. The van der Waals surface area contributed by atoms with Gasteiger partial charge in [0.25, 0.3) is 0 Å². The van der Waals surface area contributed by atoms with Crippen LogP contribution in [0.2, 0.25) is 0 Å². The van der Waals surface area contributed by atoms with Crippen molar-refractivity contribution in [3.05, 3.63) is 20.2 Å². The molecule has 1 aromatic rings. The van der Waals surface area contributed by atoms with Crippen LogP contribution < -0.4 is 4.87 Å². The van der Waals surface area contributed by atoms with Crippen molar-refractivity contribution in [2.45, 2.75) is 25.6 Å². The minimum atomic E-state index is 0.00909. The molecule has 0 spiro atoms. The van der Waals surface area contributed by atoms with Gasteiger partial charge in [-0.2, -0.15) is 0 Å². The number of aryl methyl sites for hydroxylation is 1. The second-order valence-electron chi connectivity index (χ2n) is 2.55. The Morgan fingerprint density at radius 3 is 2.73 bits per heavy atom. The van der Waals surface area contributed by atoms with Crippen LogP contribution in [-0.4, -0.2) is 10.4 Å². The molecule has 0 amide bonds. The monoisotopic (exact) mass is 191 g/mol. The summed E-state index contributed by atoms with van der Waals surface area (Å²) in [5.41, 5.74) is 0.951. The first-order valence-corrected chi connectivity index (χ1v) is 4.67. The Bertz CT molecular complexity index is 289. The molecule has 1 rings (SSSR count). The highest BCUT2D eigenvalue weighted by Crippen LogP contribution is 2.13. The maximum atomic E-state index is 10.8. The van der Waals surface area contributed by atoms with E-state index in [0.717, 1.165) is 17.0 Å². The lowest BCUT2D eigenvalue weighted by molar-refractivity contribution is 0.933. The van der Waals surface area contributed by atoms with Crippen molar-refractivity contribution < 1.29 is 0 Å². The van der Waals surface area contributed by atoms with Crippen molar-refractivity contribution in [3.8, 4) is 0 Å². The van der Waals surface area contributed by atoms with Gasteiger partial charge in [0.05, 0.1) is 0 Å². The van der Waals surface area contributed by atoms with Crippen LogP contribution in [0.5, 0.6) is 0 Å². The Morgan fingerprint density at radius 1 is 1.73 bits per heavy atom.